The molecule has 1 amide bonds. The molecule has 0 radical (unpaired) electrons. The highest BCUT2D eigenvalue weighted by Crippen LogP contribution is 2.30. The summed E-state index contributed by atoms with van der Waals surface area (Å²) in [5.74, 6) is -0.0659. The van der Waals surface area contributed by atoms with Gasteiger partial charge in [0.1, 0.15) is 11.6 Å². The number of aromatic nitrogens is 3. The van der Waals surface area contributed by atoms with Crippen LogP contribution in [0.1, 0.15) is 16.8 Å². The third kappa shape index (κ3) is 4.19. The number of pyridine rings is 1. The Labute approximate surface area is 190 Å². The van der Waals surface area contributed by atoms with Gasteiger partial charge in [-0.15, -0.1) is 0 Å². The second kappa shape index (κ2) is 8.82. The average molecular weight is 442 g/mol. The van der Waals surface area contributed by atoms with Crippen molar-refractivity contribution in [3.05, 3.63) is 78.5 Å². The summed E-state index contributed by atoms with van der Waals surface area (Å²) in [7, 11) is 1.87. The maximum atomic E-state index is 13.9. The Kier molecular flexibility index (Phi) is 5.56. The Balaban J connectivity index is 1.31. The number of halogens is 1. The molecular formula is C25H23FN6O. The van der Waals surface area contributed by atoms with Gasteiger partial charge in [0.05, 0.1) is 16.6 Å². The van der Waals surface area contributed by atoms with E-state index in [4.69, 9.17) is 0 Å². The zero-order chi connectivity index (χ0) is 22.8. The van der Waals surface area contributed by atoms with E-state index in [0.717, 1.165) is 46.6 Å². The summed E-state index contributed by atoms with van der Waals surface area (Å²) in [6.07, 6.45) is 5.98. The van der Waals surface area contributed by atoms with Crippen molar-refractivity contribution in [1.82, 2.24) is 20.3 Å². The first kappa shape index (κ1) is 20.8. The first-order valence-electron chi connectivity index (χ1n) is 10.8. The summed E-state index contributed by atoms with van der Waals surface area (Å²) >= 11 is 0. The molecule has 1 saturated heterocycles. The number of anilines is 2. The van der Waals surface area contributed by atoms with Crippen LogP contribution in [0.15, 0.2) is 67.1 Å². The number of fused-ring (bicyclic) bond motifs is 1. The lowest BCUT2D eigenvalue weighted by Crippen LogP contribution is -2.37. The number of amides is 1. The van der Waals surface area contributed by atoms with Crippen molar-refractivity contribution in [2.75, 3.05) is 30.4 Å². The molecule has 1 fully saturated rings. The maximum Gasteiger partial charge on any atom is 0.254 e. The van der Waals surface area contributed by atoms with E-state index in [0.29, 0.717) is 6.54 Å². The Hall–Kier alpha value is -4.07. The molecule has 166 valence electrons. The van der Waals surface area contributed by atoms with Gasteiger partial charge >= 0.3 is 0 Å². The van der Waals surface area contributed by atoms with Crippen LogP contribution < -0.4 is 15.5 Å². The van der Waals surface area contributed by atoms with Crippen LogP contribution in [0.3, 0.4) is 0 Å². The predicted molar refractivity (Wildman–Crippen MR) is 127 cm³/mol. The fourth-order valence-corrected chi connectivity index (χ4v) is 4.17. The summed E-state index contributed by atoms with van der Waals surface area (Å²) in [6, 6.07) is 14.0. The lowest BCUT2D eigenvalue weighted by molar-refractivity contribution is 0.0936. The molecule has 1 aliphatic rings. The summed E-state index contributed by atoms with van der Waals surface area (Å²) in [4.78, 5) is 28.1. The highest BCUT2D eigenvalue weighted by atomic mass is 19.1. The van der Waals surface area contributed by atoms with Crippen LogP contribution in [0.2, 0.25) is 0 Å². The van der Waals surface area contributed by atoms with Crippen molar-refractivity contribution in [3.8, 4) is 11.1 Å². The van der Waals surface area contributed by atoms with Gasteiger partial charge in [-0.05, 0) is 42.8 Å². The SMILES string of the molecule is CNc1cc(-c2ccc(N3CC[C@H](NC(=O)c4ccccc4F)C3)nc2)c2nccnc2c1. The Morgan fingerprint density at radius 1 is 1.09 bits per heavy atom. The minimum absolute atomic E-state index is 0.0647. The second-order valence-electron chi connectivity index (χ2n) is 7.99. The topological polar surface area (TPSA) is 83.0 Å². The Bertz CT molecular complexity index is 1310. The number of nitrogens with zero attached hydrogens (tertiary/aromatic N) is 4. The summed E-state index contributed by atoms with van der Waals surface area (Å²) < 4.78 is 13.9. The van der Waals surface area contributed by atoms with Crippen molar-refractivity contribution < 1.29 is 9.18 Å². The van der Waals surface area contributed by atoms with Gasteiger partial charge in [-0.1, -0.05) is 12.1 Å². The molecule has 7 nitrogen and oxygen atoms in total. The number of rotatable bonds is 5. The monoisotopic (exact) mass is 442 g/mol. The molecule has 2 aromatic carbocycles. The van der Waals surface area contributed by atoms with Crippen LogP contribution in [0, 0.1) is 5.82 Å². The van der Waals surface area contributed by atoms with E-state index in [1.807, 2.05) is 37.5 Å². The minimum atomic E-state index is -0.512. The van der Waals surface area contributed by atoms with Gasteiger partial charge in [0.15, 0.2) is 0 Å². The molecule has 0 spiro atoms. The molecule has 3 heterocycles. The molecule has 8 heteroatoms. The fraction of sp³-hybridized carbons (Fsp3) is 0.200. The van der Waals surface area contributed by atoms with E-state index < -0.39 is 5.82 Å². The highest BCUT2D eigenvalue weighted by Gasteiger charge is 2.26. The molecule has 0 unspecified atom stereocenters. The zero-order valence-corrected chi connectivity index (χ0v) is 18.1. The summed E-state index contributed by atoms with van der Waals surface area (Å²) in [6.45, 7) is 1.38. The van der Waals surface area contributed by atoms with Gasteiger partial charge in [-0.3, -0.25) is 14.8 Å². The van der Waals surface area contributed by atoms with Crippen LogP contribution in [0.25, 0.3) is 22.2 Å². The predicted octanol–water partition coefficient (Wildman–Crippen LogP) is 3.88. The molecule has 2 aromatic heterocycles. The van der Waals surface area contributed by atoms with Crippen LogP contribution in [-0.2, 0) is 0 Å². The minimum Gasteiger partial charge on any atom is -0.388 e. The second-order valence-corrected chi connectivity index (χ2v) is 7.99. The Morgan fingerprint density at radius 2 is 1.94 bits per heavy atom. The fourth-order valence-electron chi connectivity index (χ4n) is 4.17. The third-order valence-electron chi connectivity index (χ3n) is 5.89. The van der Waals surface area contributed by atoms with Crippen molar-refractivity contribution in [3.63, 3.8) is 0 Å². The van der Waals surface area contributed by atoms with Gasteiger partial charge in [0, 0.05) is 61.6 Å². The molecule has 0 aliphatic carbocycles. The number of carbonyl (C=O) groups is 1. The lowest BCUT2D eigenvalue weighted by Gasteiger charge is -2.18. The Morgan fingerprint density at radius 3 is 2.73 bits per heavy atom. The van der Waals surface area contributed by atoms with Gasteiger partial charge in [-0.25, -0.2) is 9.37 Å². The number of nitrogens with one attached hydrogen (secondary N) is 2. The summed E-state index contributed by atoms with van der Waals surface area (Å²) in [5, 5.41) is 6.10. The van der Waals surface area contributed by atoms with Crippen LogP contribution in [0.4, 0.5) is 15.9 Å². The molecule has 1 aliphatic heterocycles. The normalized spacial score (nSPS) is 15.6. The van der Waals surface area contributed by atoms with Crippen molar-refractivity contribution in [1.29, 1.82) is 0 Å². The quantitative estimate of drug-likeness (QED) is 0.488. The van der Waals surface area contributed by atoms with E-state index in [1.165, 1.54) is 12.1 Å². The first-order valence-corrected chi connectivity index (χ1v) is 10.8. The molecule has 5 rings (SSSR count). The van der Waals surface area contributed by atoms with E-state index in [9.17, 15) is 9.18 Å². The molecule has 33 heavy (non-hydrogen) atoms. The van der Waals surface area contributed by atoms with Gasteiger partial charge < -0.3 is 15.5 Å². The van der Waals surface area contributed by atoms with Crippen LogP contribution >= 0.6 is 0 Å². The molecule has 0 bridgehead atoms. The van der Waals surface area contributed by atoms with E-state index in [2.05, 4.69) is 30.5 Å². The molecule has 1 atom stereocenters. The largest absolute Gasteiger partial charge is 0.388 e. The van der Waals surface area contributed by atoms with Gasteiger partial charge in [0.2, 0.25) is 0 Å². The number of hydrogen-bond donors (Lipinski definition) is 2. The standard InChI is InChI=1S/C25H23FN6O/c1-27-18-12-20(24-22(13-18)28-9-10-29-24)16-6-7-23(30-14-16)32-11-8-17(15-32)31-25(33)19-4-2-3-5-21(19)26/h2-7,9-10,12-14,17,27H,8,11,15H2,1H3,(H,31,33)/t17-/m0/s1. The number of hydrogen-bond acceptors (Lipinski definition) is 6. The summed E-state index contributed by atoms with van der Waals surface area (Å²) in [5.41, 5.74) is 4.57. The van der Waals surface area contributed by atoms with Crippen molar-refractivity contribution in [2.24, 2.45) is 0 Å². The highest BCUT2D eigenvalue weighted by molar-refractivity contribution is 5.95. The van der Waals surface area contributed by atoms with Gasteiger partial charge in [-0.2, -0.15) is 0 Å². The average Bonchev–Trinajstić information content (AvgIpc) is 3.32. The van der Waals surface area contributed by atoms with Crippen molar-refractivity contribution in [2.45, 2.75) is 12.5 Å². The molecular weight excluding hydrogens is 419 g/mol. The van der Waals surface area contributed by atoms with Gasteiger partial charge in [0.25, 0.3) is 5.91 Å². The van der Waals surface area contributed by atoms with Crippen LogP contribution in [0.5, 0.6) is 0 Å². The first-order chi connectivity index (χ1) is 16.1. The number of benzene rings is 2. The molecule has 2 N–H and O–H groups in total. The zero-order valence-electron chi connectivity index (χ0n) is 18.1. The third-order valence-corrected chi connectivity index (χ3v) is 5.89. The van der Waals surface area contributed by atoms with E-state index in [1.54, 1.807) is 24.5 Å². The number of carbonyl (C=O) groups excluding carboxylic acids is 1. The van der Waals surface area contributed by atoms with Crippen molar-refractivity contribution >= 4 is 28.4 Å². The maximum absolute atomic E-state index is 13.9. The van der Waals surface area contributed by atoms with E-state index >= 15 is 0 Å². The molecule has 0 saturated carbocycles. The van der Waals surface area contributed by atoms with E-state index in [-0.39, 0.29) is 17.5 Å². The van der Waals surface area contributed by atoms with Crippen LogP contribution in [-0.4, -0.2) is 47.0 Å². The smallest absolute Gasteiger partial charge is 0.254 e. The lowest BCUT2D eigenvalue weighted by atomic mass is 10.0. The molecule has 4 aromatic rings.